The van der Waals surface area contributed by atoms with Crippen molar-refractivity contribution in [2.75, 3.05) is 0 Å². The SMILES string of the molecule is O=[PH]([O-])O[PH](=O)O.OCc1ccccc1.[Na+]. The summed E-state index contributed by atoms with van der Waals surface area (Å²) >= 11 is 0. The van der Waals surface area contributed by atoms with Crippen molar-refractivity contribution in [2.45, 2.75) is 6.61 Å². The summed E-state index contributed by atoms with van der Waals surface area (Å²) in [6.07, 6.45) is 0. The largest absolute Gasteiger partial charge is 1.00 e. The van der Waals surface area contributed by atoms with Crippen molar-refractivity contribution in [3.63, 3.8) is 0 Å². The number of rotatable bonds is 3. The number of hydrogen-bond donors (Lipinski definition) is 2. The van der Waals surface area contributed by atoms with Crippen molar-refractivity contribution < 1.29 is 57.9 Å². The van der Waals surface area contributed by atoms with Gasteiger partial charge in [-0.15, -0.1) is 0 Å². The molecule has 6 nitrogen and oxygen atoms in total. The number of aliphatic hydroxyl groups excluding tert-OH is 1. The van der Waals surface area contributed by atoms with Gasteiger partial charge < -0.3 is 19.5 Å². The Morgan fingerprint density at radius 3 is 1.94 bits per heavy atom. The summed E-state index contributed by atoms with van der Waals surface area (Å²) in [5, 5.41) is 8.54. The summed E-state index contributed by atoms with van der Waals surface area (Å²) in [5.74, 6) is 0. The van der Waals surface area contributed by atoms with Crippen LogP contribution in [0.15, 0.2) is 30.3 Å². The molecule has 1 aromatic carbocycles. The second-order valence-corrected chi connectivity index (χ2v) is 4.11. The van der Waals surface area contributed by atoms with Crippen molar-refractivity contribution in [3.8, 4) is 0 Å². The zero-order valence-corrected chi connectivity index (χ0v) is 12.6. The number of aliphatic hydroxyl groups is 1. The van der Waals surface area contributed by atoms with Crippen molar-refractivity contribution in [1.82, 2.24) is 0 Å². The van der Waals surface area contributed by atoms with Gasteiger partial charge in [-0.1, -0.05) is 30.3 Å². The van der Waals surface area contributed by atoms with Crippen molar-refractivity contribution >= 4 is 16.5 Å². The van der Waals surface area contributed by atoms with E-state index in [9.17, 15) is 14.0 Å². The van der Waals surface area contributed by atoms with Crippen LogP contribution in [0.25, 0.3) is 0 Å². The summed E-state index contributed by atoms with van der Waals surface area (Å²) < 4.78 is 22.1. The maximum absolute atomic E-state index is 9.40. The third kappa shape index (κ3) is 12.6. The van der Waals surface area contributed by atoms with Gasteiger partial charge in [0.05, 0.1) is 6.61 Å². The van der Waals surface area contributed by atoms with E-state index in [2.05, 4.69) is 4.31 Å². The standard InChI is InChI=1S/C7H8O.Na.H4O5P2/c8-6-7-4-2-1-3-5-7;;1-6(2)5-7(3)4/h1-5,8H,6H2;;6-7H,(H,1,2)(H,3,4)/q;+1;/p-1. The Labute approximate surface area is 116 Å². The third-order valence-electron chi connectivity index (χ3n) is 1.20. The molecule has 0 aliphatic rings. The first-order chi connectivity index (χ1) is 7.06. The van der Waals surface area contributed by atoms with Crippen LogP contribution in [-0.2, 0) is 20.0 Å². The van der Waals surface area contributed by atoms with Gasteiger partial charge in [0.25, 0.3) is 0 Å². The average molecular weight is 276 g/mol. The molecule has 0 aromatic heterocycles. The van der Waals surface area contributed by atoms with E-state index in [1.807, 2.05) is 30.3 Å². The number of benzene rings is 1. The van der Waals surface area contributed by atoms with Crippen LogP contribution < -0.4 is 34.5 Å². The molecular formula is C7H11NaO6P2. The summed E-state index contributed by atoms with van der Waals surface area (Å²) in [5.41, 5.74) is 0.965. The van der Waals surface area contributed by atoms with Crippen LogP contribution in [0.1, 0.15) is 5.56 Å². The van der Waals surface area contributed by atoms with E-state index in [1.165, 1.54) is 0 Å². The van der Waals surface area contributed by atoms with Crippen molar-refractivity contribution in [1.29, 1.82) is 0 Å². The first kappa shape index (κ1) is 18.9. The normalized spacial score (nSPS) is 12.7. The molecule has 0 saturated carbocycles. The number of hydrogen-bond acceptors (Lipinski definition) is 5. The minimum absolute atomic E-state index is 0. The molecule has 0 aliphatic carbocycles. The predicted molar refractivity (Wildman–Crippen MR) is 53.7 cm³/mol. The minimum Gasteiger partial charge on any atom is -0.781 e. The van der Waals surface area contributed by atoms with E-state index in [0.29, 0.717) is 0 Å². The Morgan fingerprint density at radius 1 is 1.25 bits per heavy atom. The third-order valence-corrected chi connectivity index (χ3v) is 2.56. The first-order valence-corrected chi connectivity index (χ1v) is 6.31. The van der Waals surface area contributed by atoms with Crippen LogP contribution in [0.5, 0.6) is 0 Å². The van der Waals surface area contributed by atoms with Crippen LogP contribution in [0.3, 0.4) is 0 Å². The average Bonchev–Trinajstić information content (AvgIpc) is 2.18. The van der Waals surface area contributed by atoms with E-state index in [0.717, 1.165) is 5.56 Å². The molecule has 1 rings (SSSR count). The van der Waals surface area contributed by atoms with Gasteiger partial charge in [-0.05, 0) is 5.56 Å². The molecule has 9 heteroatoms. The van der Waals surface area contributed by atoms with Gasteiger partial charge >= 0.3 is 37.8 Å². The van der Waals surface area contributed by atoms with Gasteiger partial charge in [0, 0.05) is 0 Å². The zero-order chi connectivity index (χ0) is 11.7. The molecule has 1 aromatic rings. The summed E-state index contributed by atoms with van der Waals surface area (Å²) in [4.78, 5) is 17.0. The van der Waals surface area contributed by atoms with Gasteiger partial charge in [0.2, 0.25) is 0 Å². The first-order valence-electron chi connectivity index (χ1n) is 3.82. The fraction of sp³-hybridized carbons (Fsp3) is 0.143. The molecule has 0 saturated heterocycles. The van der Waals surface area contributed by atoms with Gasteiger partial charge in [0.1, 0.15) is 8.25 Å². The monoisotopic (exact) mass is 276 g/mol. The maximum Gasteiger partial charge on any atom is 1.00 e. The molecule has 0 amide bonds. The minimum atomic E-state index is -3.45. The Hall–Kier alpha value is 0.520. The fourth-order valence-electron chi connectivity index (χ4n) is 0.655. The van der Waals surface area contributed by atoms with E-state index in [1.54, 1.807) is 0 Å². The second kappa shape index (κ2) is 12.0. The van der Waals surface area contributed by atoms with Crippen LogP contribution >= 0.6 is 16.5 Å². The molecule has 0 spiro atoms. The van der Waals surface area contributed by atoms with Crippen LogP contribution in [0, 0.1) is 0 Å². The molecule has 0 aliphatic heterocycles. The van der Waals surface area contributed by atoms with E-state index in [4.69, 9.17) is 10.00 Å². The van der Waals surface area contributed by atoms with Crippen LogP contribution in [0.2, 0.25) is 0 Å². The van der Waals surface area contributed by atoms with Crippen molar-refractivity contribution in [3.05, 3.63) is 35.9 Å². The van der Waals surface area contributed by atoms with Gasteiger partial charge in [0.15, 0.2) is 0 Å². The van der Waals surface area contributed by atoms with Gasteiger partial charge in [-0.2, -0.15) is 0 Å². The molecule has 86 valence electrons. The Kier molecular flexibility index (Phi) is 14.1. The zero-order valence-electron chi connectivity index (χ0n) is 8.62. The Bertz CT molecular complexity index is 308. The Morgan fingerprint density at radius 2 is 1.75 bits per heavy atom. The van der Waals surface area contributed by atoms with E-state index >= 15 is 0 Å². The van der Waals surface area contributed by atoms with E-state index in [-0.39, 0.29) is 36.2 Å². The molecule has 0 fully saturated rings. The molecule has 2 N–H and O–H groups in total. The van der Waals surface area contributed by atoms with Gasteiger partial charge in [-0.3, -0.25) is 8.88 Å². The Balaban J connectivity index is 0. The summed E-state index contributed by atoms with van der Waals surface area (Å²) in [7, 11) is -6.72. The van der Waals surface area contributed by atoms with E-state index < -0.39 is 16.5 Å². The predicted octanol–water partition coefficient (Wildman–Crippen LogP) is -2.68. The molecule has 0 heterocycles. The summed E-state index contributed by atoms with van der Waals surface area (Å²) in [6, 6.07) is 9.52. The molecule has 2 unspecified atom stereocenters. The molecular weight excluding hydrogens is 265 g/mol. The molecule has 0 radical (unpaired) electrons. The smallest absolute Gasteiger partial charge is 0.781 e. The van der Waals surface area contributed by atoms with Crippen LogP contribution in [-0.4, -0.2) is 10.00 Å². The van der Waals surface area contributed by atoms with Gasteiger partial charge in [-0.25, -0.2) is 0 Å². The van der Waals surface area contributed by atoms with Crippen LogP contribution in [0.4, 0.5) is 0 Å². The van der Waals surface area contributed by atoms with Crippen molar-refractivity contribution in [2.24, 2.45) is 0 Å². The molecule has 16 heavy (non-hydrogen) atoms. The fourth-order valence-corrected chi connectivity index (χ4v) is 1.23. The quantitative estimate of drug-likeness (QED) is 0.460. The maximum atomic E-state index is 9.40. The second-order valence-electron chi connectivity index (χ2n) is 2.26. The summed E-state index contributed by atoms with van der Waals surface area (Å²) in [6.45, 7) is 0.140. The molecule has 0 bridgehead atoms. The molecule has 2 atom stereocenters. The topological polar surface area (TPSA) is 107 Å².